The molecule has 9 heteroatoms. The van der Waals surface area contributed by atoms with Gasteiger partial charge in [-0.05, 0) is 36.5 Å². The van der Waals surface area contributed by atoms with Gasteiger partial charge in [0.2, 0.25) is 5.75 Å². The second-order valence-electron chi connectivity index (χ2n) is 6.05. The number of nitrogens with zero attached hydrogens (tertiary/aromatic N) is 1. The van der Waals surface area contributed by atoms with Gasteiger partial charge < -0.3 is 24.1 Å². The quantitative estimate of drug-likeness (QED) is 0.412. The number of hydrogen-bond acceptors (Lipinski definition) is 5. The Morgan fingerprint density at radius 1 is 0.900 bits per heavy atom. The number of methoxy groups -OCH3 is 3. The summed E-state index contributed by atoms with van der Waals surface area (Å²) in [5.74, 6) is 1.10. The molecule has 0 aliphatic rings. The van der Waals surface area contributed by atoms with Crippen LogP contribution < -0.4 is 30.4 Å². The fourth-order valence-corrected chi connectivity index (χ4v) is 3.05. The van der Waals surface area contributed by atoms with Gasteiger partial charge in [0.05, 0.1) is 32.6 Å². The van der Waals surface area contributed by atoms with E-state index in [9.17, 15) is 4.79 Å². The molecule has 2 aromatic carbocycles. The van der Waals surface area contributed by atoms with Crippen molar-refractivity contribution in [3.8, 4) is 22.9 Å². The van der Waals surface area contributed by atoms with E-state index in [4.69, 9.17) is 26.4 Å². The van der Waals surface area contributed by atoms with Crippen LogP contribution in [0.15, 0.2) is 60.9 Å². The van der Waals surface area contributed by atoms with Gasteiger partial charge >= 0.3 is 0 Å². The Balaban J connectivity index is 1.68. The third kappa shape index (κ3) is 4.64. The van der Waals surface area contributed by atoms with Crippen molar-refractivity contribution in [2.75, 3.05) is 26.6 Å². The minimum atomic E-state index is -0.326. The number of amides is 1. The molecule has 0 bridgehead atoms. The van der Waals surface area contributed by atoms with Crippen LogP contribution in [0.3, 0.4) is 0 Å². The van der Waals surface area contributed by atoms with Crippen LogP contribution in [0, 0.1) is 0 Å². The molecule has 0 saturated carbocycles. The van der Waals surface area contributed by atoms with Crippen LogP contribution in [0.25, 0.3) is 5.69 Å². The first-order chi connectivity index (χ1) is 14.6. The van der Waals surface area contributed by atoms with Gasteiger partial charge in [-0.3, -0.25) is 15.6 Å². The van der Waals surface area contributed by atoms with E-state index in [2.05, 4.69) is 16.2 Å². The fraction of sp³-hybridized carbons (Fsp3) is 0.143. The highest BCUT2D eigenvalue weighted by Crippen LogP contribution is 2.39. The zero-order valence-electron chi connectivity index (χ0n) is 16.8. The number of benzene rings is 2. The number of rotatable bonds is 6. The monoisotopic (exact) mass is 426 g/mol. The lowest BCUT2D eigenvalue weighted by Gasteiger charge is -2.16. The van der Waals surface area contributed by atoms with Crippen LogP contribution in [0.1, 0.15) is 10.4 Å². The highest BCUT2D eigenvalue weighted by molar-refractivity contribution is 7.80. The van der Waals surface area contributed by atoms with Gasteiger partial charge in [0.1, 0.15) is 0 Å². The Hall–Kier alpha value is -3.72. The number of nitrogens with one attached hydrogen (secondary N) is 3. The predicted molar refractivity (Wildman–Crippen MR) is 119 cm³/mol. The molecule has 0 aliphatic heterocycles. The van der Waals surface area contributed by atoms with Crippen molar-refractivity contribution >= 4 is 28.9 Å². The van der Waals surface area contributed by atoms with Crippen LogP contribution in [-0.2, 0) is 0 Å². The second kappa shape index (κ2) is 9.66. The Labute approximate surface area is 179 Å². The van der Waals surface area contributed by atoms with Crippen LogP contribution in [0.5, 0.6) is 17.2 Å². The van der Waals surface area contributed by atoms with Gasteiger partial charge in [-0.2, -0.15) is 0 Å². The number of ether oxygens (including phenoxy) is 3. The van der Waals surface area contributed by atoms with E-state index in [1.54, 1.807) is 24.3 Å². The topological polar surface area (TPSA) is 85.8 Å². The minimum Gasteiger partial charge on any atom is -0.493 e. The van der Waals surface area contributed by atoms with Gasteiger partial charge in [0.25, 0.3) is 5.91 Å². The minimum absolute atomic E-state index is 0.191. The Bertz CT molecular complexity index is 1010. The third-order valence-electron chi connectivity index (χ3n) is 4.24. The molecule has 3 rings (SSSR count). The lowest BCUT2D eigenvalue weighted by Crippen LogP contribution is -2.44. The third-order valence-corrected chi connectivity index (χ3v) is 4.45. The smallest absolute Gasteiger partial charge is 0.271 e. The molecule has 0 radical (unpaired) electrons. The van der Waals surface area contributed by atoms with Crippen molar-refractivity contribution in [2.45, 2.75) is 0 Å². The zero-order chi connectivity index (χ0) is 21.5. The van der Waals surface area contributed by atoms with Crippen molar-refractivity contribution in [1.29, 1.82) is 0 Å². The maximum atomic E-state index is 12.7. The van der Waals surface area contributed by atoms with Gasteiger partial charge in [0.15, 0.2) is 16.6 Å². The lowest BCUT2D eigenvalue weighted by atomic mass is 10.1. The number of thiocarbonyl (C=S) groups is 1. The van der Waals surface area contributed by atoms with E-state index in [1.165, 1.54) is 21.3 Å². The van der Waals surface area contributed by atoms with Crippen LogP contribution in [0.2, 0.25) is 0 Å². The van der Waals surface area contributed by atoms with E-state index in [-0.39, 0.29) is 11.0 Å². The molecule has 156 valence electrons. The largest absolute Gasteiger partial charge is 0.493 e. The highest BCUT2D eigenvalue weighted by atomic mass is 32.1. The van der Waals surface area contributed by atoms with Crippen LogP contribution in [-0.4, -0.2) is 36.9 Å². The van der Waals surface area contributed by atoms with Gasteiger partial charge in [0, 0.05) is 30.2 Å². The first kappa shape index (κ1) is 21.0. The molecule has 30 heavy (non-hydrogen) atoms. The molecular formula is C21H22N4O4S. The van der Waals surface area contributed by atoms with E-state index in [0.717, 1.165) is 5.69 Å². The van der Waals surface area contributed by atoms with Crippen molar-refractivity contribution in [3.05, 3.63) is 66.5 Å². The molecule has 0 spiro atoms. The number of aromatic nitrogens is 1. The summed E-state index contributed by atoms with van der Waals surface area (Å²) in [7, 11) is 4.58. The average Bonchev–Trinajstić information content (AvgIpc) is 3.31. The van der Waals surface area contributed by atoms with E-state index < -0.39 is 0 Å². The van der Waals surface area contributed by atoms with E-state index >= 15 is 0 Å². The average molecular weight is 426 g/mol. The van der Waals surface area contributed by atoms with Crippen LogP contribution >= 0.6 is 12.2 Å². The number of carbonyl (C=O) groups is 1. The highest BCUT2D eigenvalue weighted by Gasteiger charge is 2.15. The number of anilines is 1. The molecule has 0 unspecified atom stereocenters. The summed E-state index contributed by atoms with van der Waals surface area (Å²) in [6.45, 7) is 0. The Kier molecular flexibility index (Phi) is 6.76. The lowest BCUT2D eigenvalue weighted by molar-refractivity contribution is 0.0944. The number of hydrogen-bond donors (Lipinski definition) is 3. The maximum Gasteiger partial charge on any atom is 0.271 e. The van der Waals surface area contributed by atoms with Crippen molar-refractivity contribution in [2.24, 2.45) is 0 Å². The summed E-state index contributed by atoms with van der Waals surface area (Å²) in [6.07, 6.45) is 3.74. The first-order valence-corrected chi connectivity index (χ1v) is 9.38. The molecule has 1 amide bonds. The molecule has 1 heterocycles. The predicted octanol–water partition coefficient (Wildman–Crippen LogP) is 3.13. The molecule has 0 fully saturated rings. The number of hydrazine groups is 1. The van der Waals surface area contributed by atoms with Gasteiger partial charge in [-0.25, -0.2) is 0 Å². The molecular weight excluding hydrogens is 404 g/mol. The molecule has 1 aromatic heterocycles. The molecule has 8 nitrogen and oxygen atoms in total. The SMILES string of the molecule is COc1cc(NC(=S)NNC(=O)c2ccccc2-n2cccc2)cc(OC)c1OC. The molecule has 0 saturated heterocycles. The normalized spacial score (nSPS) is 10.1. The van der Waals surface area contributed by atoms with Gasteiger partial charge in [-0.1, -0.05) is 12.1 Å². The molecule has 3 N–H and O–H groups in total. The van der Waals surface area contributed by atoms with Gasteiger partial charge in [-0.15, -0.1) is 0 Å². The molecule has 0 atom stereocenters. The summed E-state index contributed by atoms with van der Waals surface area (Å²) < 4.78 is 17.8. The number of para-hydroxylation sites is 1. The fourth-order valence-electron chi connectivity index (χ4n) is 2.88. The summed E-state index contributed by atoms with van der Waals surface area (Å²) in [6, 6.07) is 14.5. The summed E-state index contributed by atoms with van der Waals surface area (Å²) in [4.78, 5) is 12.7. The molecule has 0 aliphatic carbocycles. The maximum absolute atomic E-state index is 12.7. The van der Waals surface area contributed by atoms with E-state index in [0.29, 0.717) is 28.5 Å². The van der Waals surface area contributed by atoms with E-state index in [1.807, 2.05) is 41.2 Å². The number of carbonyl (C=O) groups excluding carboxylic acids is 1. The Morgan fingerprint density at radius 3 is 2.13 bits per heavy atom. The summed E-state index contributed by atoms with van der Waals surface area (Å²) >= 11 is 5.28. The van der Waals surface area contributed by atoms with Crippen molar-refractivity contribution in [3.63, 3.8) is 0 Å². The first-order valence-electron chi connectivity index (χ1n) is 8.97. The summed E-state index contributed by atoms with van der Waals surface area (Å²) in [5.41, 5.74) is 7.16. The second-order valence-corrected chi connectivity index (χ2v) is 6.46. The standard InChI is InChI=1S/C21H22N4O4S/c1-27-17-12-14(13-18(28-2)19(17)29-3)22-21(30)24-23-20(26)15-8-4-5-9-16(15)25-10-6-7-11-25/h4-13H,1-3H3,(H,23,26)(H2,22,24,30). The summed E-state index contributed by atoms with van der Waals surface area (Å²) in [5, 5.41) is 3.17. The van der Waals surface area contributed by atoms with Crippen molar-refractivity contribution < 1.29 is 19.0 Å². The Morgan fingerprint density at radius 2 is 1.53 bits per heavy atom. The zero-order valence-corrected chi connectivity index (χ0v) is 17.6. The van der Waals surface area contributed by atoms with Crippen molar-refractivity contribution in [1.82, 2.24) is 15.4 Å². The van der Waals surface area contributed by atoms with Crippen LogP contribution in [0.4, 0.5) is 5.69 Å². The molecule has 3 aromatic rings.